The second-order valence-corrected chi connectivity index (χ2v) is 3.19. The van der Waals surface area contributed by atoms with Gasteiger partial charge in [-0.05, 0) is 19.3 Å². The Bertz CT molecular complexity index is 155. The van der Waals surface area contributed by atoms with E-state index in [2.05, 4.69) is 5.48 Å². The van der Waals surface area contributed by atoms with E-state index in [4.69, 9.17) is 9.57 Å². The van der Waals surface area contributed by atoms with E-state index >= 15 is 0 Å². The lowest BCUT2D eigenvalue weighted by molar-refractivity contribution is -0.200. The maximum absolute atomic E-state index is 11.0. The van der Waals surface area contributed by atoms with Crippen LogP contribution in [-0.4, -0.2) is 18.8 Å². The van der Waals surface area contributed by atoms with Crippen molar-refractivity contribution >= 4 is 5.91 Å². The fraction of sp³-hybridized carbons (Fsp3) is 0.889. The molecule has 1 N–H and O–H groups in total. The van der Waals surface area contributed by atoms with Crippen LogP contribution in [0.25, 0.3) is 0 Å². The highest BCUT2D eigenvalue weighted by Crippen LogP contribution is 2.12. The van der Waals surface area contributed by atoms with Gasteiger partial charge in [-0.2, -0.15) is 0 Å². The summed E-state index contributed by atoms with van der Waals surface area (Å²) in [6, 6.07) is 0. The van der Waals surface area contributed by atoms with Crippen molar-refractivity contribution in [1.82, 2.24) is 5.48 Å². The van der Waals surface area contributed by atoms with Crippen LogP contribution in [0.3, 0.4) is 0 Å². The largest absolute Gasteiger partial charge is 0.350 e. The third kappa shape index (κ3) is 4.24. The molecule has 1 aliphatic rings. The molecular weight excluding hydrogens is 170 g/mol. The van der Waals surface area contributed by atoms with Crippen LogP contribution in [0.4, 0.5) is 0 Å². The second-order valence-electron chi connectivity index (χ2n) is 3.19. The average Bonchev–Trinajstić information content (AvgIpc) is 2.17. The average molecular weight is 187 g/mol. The first-order chi connectivity index (χ1) is 6.33. The standard InChI is InChI=1S/C9H17NO3/c1-2-5-8(11)10-13-9-6-3-4-7-12-9/h9H,2-7H2,1H3,(H,10,11)/t9-/m0/s1. The molecule has 4 heteroatoms. The number of rotatable bonds is 4. The third-order valence-electron chi connectivity index (χ3n) is 1.92. The highest BCUT2D eigenvalue weighted by atomic mass is 16.8. The summed E-state index contributed by atoms with van der Waals surface area (Å²) in [4.78, 5) is 16.1. The van der Waals surface area contributed by atoms with Gasteiger partial charge in [-0.15, -0.1) is 0 Å². The number of nitrogens with one attached hydrogen (secondary N) is 1. The van der Waals surface area contributed by atoms with Crippen molar-refractivity contribution in [2.24, 2.45) is 0 Å². The zero-order chi connectivity index (χ0) is 9.52. The van der Waals surface area contributed by atoms with Crippen LogP contribution in [0.1, 0.15) is 39.0 Å². The minimum atomic E-state index is -0.241. The molecule has 1 atom stereocenters. The van der Waals surface area contributed by atoms with Crippen LogP contribution in [0.15, 0.2) is 0 Å². The first-order valence-corrected chi connectivity index (χ1v) is 4.89. The van der Waals surface area contributed by atoms with E-state index in [-0.39, 0.29) is 12.2 Å². The molecule has 1 heterocycles. The molecule has 0 aromatic rings. The third-order valence-corrected chi connectivity index (χ3v) is 1.92. The van der Waals surface area contributed by atoms with Crippen molar-refractivity contribution in [2.45, 2.75) is 45.3 Å². The van der Waals surface area contributed by atoms with E-state index in [1.54, 1.807) is 0 Å². The maximum atomic E-state index is 11.0. The van der Waals surface area contributed by atoms with Gasteiger partial charge in [-0.1, -0.05) is 6.92 Å². The lowest BCUT2D eigenvalue weighted by Gasteiger charge is -2.21. The van der Waals surface area contributed by atoms with Crippen LogP contribution >= 0.6 is 0 Å². The Morgan fingerprint density at radius 1 is 1.62 bits per heavy atom. The van der Waals surface area contributed by atoms with Gasteiger partial charge in [0.1, 0.15) is 0 Å². The van der Waals surface area contributed by atoms with Crippen molar-refractivity contribution in [3.05, 3.63) is 0 Å². The van der Waals surface area contributed by atoms with Gasteiger partial charge in [0.25, 0.3) is 0 Å². The van der Waals surface area contributed by atoms with Crippen molar-refractivity contribution in [3.63, 3.8) is 0 Å². The normalized spacial score (nSPS) is 22.7. The summed E-state index contributed by atoms with van der Waals surface area (Å²) >= 11 is 0. The Labute approximate surface area is 78.5 Å². The summed E-state index contributed by atoms with van der Waals surface area (Å²) in [5, 5.41) is 0. The molecule has 4 nitrogen and oxygen atoms in total. The van der Waals surface area contributed by atoms with Gasteiger partial charge in [-0.25, -0.2) is 10.3 Å². The zero-order valence-electron chi connectivity index (χ0n) is 8.04. The van der Waals surface area contributed by atoms with Gasteiger partial charge in [0, 0.05) is 19.4 Å². The predicted molar refractivity (Wildman–Crippen MR) is 47.7 cm³/mol. The first kappa shape index (κ1) is 10.5. The fourth-order valence-electron chi connectivity index (χ4n) is 1.21. The monoisotopic (exact) mass is 187 g/mol. The lowest BCUT2D eigenvalue weighted by atomic mass is 10.2. The van der Waals surface area contributed by atoms with E-state index in [0.29, 0.717) is 6.42 Å². The van der Waals surface area contributed by atoms with Crippen LogP contribution in [0.5, 0.6) is 0 Å². The number of hydrogen-bond acceptors (Lipinski definition) is 3. The number of amides is 1. The molecule has 0 bridgehead atoms. The first-order valence-electron chi connectivity index (χ1n) is 4.89. The Balaban J connectivity index is 2.06. The molecule has 0 aromatic heterocycles. The molecule has 0 radical (unpaired) electrons. The smallest absolute Gasteiger partial charge is 0.243 e. The molecule has 0 spiro atoms. The van der Waals surface area contributed by atoms with Gasteiger partial charge in [0.2, 0.25) is 5.91 Å². The van der Waals surface area contributed by atoms with Gasteiger partial charge >= 0.3 is 0 Å². The quantitative estimate of drug-likeness (QED) is 0.676. The van der Waals surface area contributed by atoms with Gasteiger partial charge in [-0.3, -0.25) is 4.79 Å². The second kappa shape index (κ2) is 5.94. The van der Waals surface area contributed by atoms with E-state index in [0.717, 1.165) is 32.3 Å². The number of ether oxygens (including phenoxy) is 1. The van der Waals surface area contributed by atoms with E-state index in [1.165, 1.54) is 0 Å². The summed E-state index contributed by atoms with van der Waals surface area (Å²) in [5.41, 5.74) is 2.39. The Morgan fingerprint density at radius 3 is 3.08 bits per heavy atom. The number of hydrogen-bond donors (Lipinski definition) is 1. The molecule has 0 aliphatic carbocycles. The predicted octanol–water partition coefficient (Wildman–Crippen LogP) is 1.36. The molecule has 1 fully saturated rings. The molecule has 1 rings (SSSR count). The summed E-state index contributed by atoms with van der Waals surface area (Å²) in [5.74, 6) is -0.0725. The molecule has 13 heavy (non-hydrogen) atoms. The molecule has 1 amide bonds. The van der Waals surface area contributed by atoms with E-state index in [1.807, 2.05) is 6.92 Å². The fourth-order valence-corrected chi connectivity index (χ4v) is 1.21. The zero-order valence-corrected chi connectivity index (χ0v) is 8.04. The summed E-state index contributed by atoms with van der Waals surface area (Å²) < 4.78 is 5.27. The van der Waals surface area contributed by atoms with Crippen molar-refractivity contribution in [1.29, 1.82) is 0 Å². The summed E-state index contributed by atoms with van der Waals surface area (Å²) in [7, 11) is 0. The van der Waals surface area contributed by atoms with Crippen molar-refractivity contribution in [3.8, 4) is 0 Å². The molecule has 1 aliphatic heterocycles. The van der Waals surface area contributed by atoms with E-state index < -0.39 is 0 Å². The van der Waals surface area contributed by atoms with Gasteiger partial charge < -0.3 is 4.74 Å². The van der Waals surface area contributed by atoms with Crippen LogP contribution in [0, 0.1) is 0 Å². The number of carbonyl (C=O) groups is 1. The Kier molecular flexibility index (Phi) is 4.78. The number of hydroxylamine groups is 1. The Morgan fingerprint density at radius 2 is 2.46 bits per heavy atom. The summed E-state index contributed by atoms with van der Waals surface area (Å²) in [6.07, 6.45) is 4.16. The molecule has 76 valence electrons. The molecule has 0 aromatic carbocycles. The minimum Gasteiger partial charge on any atom is -0.350 e. The molecular formula is C9H17NO3. The molecule has 1 saturated heterocycles. The van der Waals surface area contributed by atoms with Crippen LogP contribution in [0.2, 0.25) is 0 Å². The van der Waals surface area contributed by atoms with Gasteiger partial charge in [0.15, 0.2) is 6.29 Å². The van der Waals surface area contributed by atoms with Crippen LogP contribution in [-0.2, 0) is 14.4 Å². The molecule has 0 unspecified atom stereocenters. The number of carbonyl (C=O) groups excluding carboxylic acids is 1. The van der Waals surface area contributed by atoms with Gasteiger partial charge in [0.05, 0.1) is 0 Å². The maximum Gasteiger partial charge on any atom is 0.243 e. The van der Waals surface area contributed by atoms with Crippen LogP contribution < -0.4 is 5.48 Å². The molecule has 0 saturated carbocycles. The highest BCUT2D eigenvalue weighted by molar-refractivity contribution is 5.74. The minimum absolute atomic E-state index is 0.0725. The highest BCUT2D eigenvalue weighted by Gasteiger charge is 2.15. The van der Waals surface area contributed by atoms with Crippen molar-refractivity contribution < 1.29 is 14.4 Å². The van der Waals surface area contributed by atoms with Crippen molar-refractivity contribution in [2.75, 3.05) is 6.61 Å². The SMILES string of the molecule is CCCC(=O)NO[C@H]1CCCCO1. The Hall–Kier alpha value is -0.610. The van der Waals surface area contributed by atoms with E-state index in [9.17, 15) is 4.79 Å². The summed E-state index contributed by atoms with van der Waals surface area (Å²) in [6.45, 7) is 2.69. The topological polar surface area (TPSA) is 47.6 Å². The lowest BCUT2D eigenvalue weighted by Crippen LogP contribution is -2.32.